The van der Waals surface area contributed by atoms with Crippen molar-refractivity contribution >= 4 is 5.91 Å². The van der Waals surface area contributed by atoms with Gasteiger partial charge in [-0.25, -0.2) is 4.68 Å². The molecular weight excluding hydrogens is 338 g/mol. The molecule has 1 amide bonds. The van der Waals surface area contributed by atoms with E-state index in [9.17, 15) is 4.79 Å². The molecule has 0 aliphatic heterocycles. The molecule has 1 aliphatic carbocycles. The lowest BCUT2D eigenvalue weighted by Gasteiger charge is -2.29. The van der Waals surface area contributed by atoms with Crippen LogP contribution in [0.5, 0.6) is 0 Å². The fourth-order valence-corrected chi connectivity index (χ4v) is 3.79. The predicted molar refractivity (Wildman–Crippen MR) is 103 cm³/mol. The lowest BCUT2D eigenvalue weighted by atomic mass is 10.1. The quantitative estimate of drug-likeness (QED) is 0.676. The number of hydrogen-bond donors (Lipinski definition) is 0. The van der Waals surface area contributed by atoms with Gasteiger partial charge < -0.3 is 4.90 Å². The number of carbonyl (C=O) groups is 1. The van der Waals surface area contributed by atoms with Crippen molar-refractivity contribution in [3.8, 4) is 5.69 Å². The standard InChI is InChI=1S/C21H23N5O/c27-21(18-9-6-12-20(15-18)26-16-22-23-24-26)25(19-10-4-5-11-19)14-13-17-7-2-1-3-8-17/h1-3,6-9,12,15-16,19H,4-5,10-11,13-14H2. The molecule has 6 heteroatoms. The second kappa shape index (κ2) is 8.12. The first-order valence-electron chi connectivity index (χ1n) is 9.49. The van der Waals surface area contributed by atoms with Crippen molar-refractivity contribution in [2.75, 3.05) is 6.54 Å². The Bertz CT molecular complexity index is 873. The van der Waals surface area contributed by atoms with Crippen LogP contribution in [0.3, 0.4) is 0 Å². The first-order chi connectivity index (χ1) is 13.3. The van der Waals surface area contributed by atoms with Crippen LogP contribution in [-0.2, 0) is 6.42 Å². The molecule has 2 aromatic carbocycles. The van der Waals surface area contributed by atoms with Crippen molar-refractivity contribution in [3.63, 3.8) is 0 Å². The molecule has 138 valence electrons. The van der Waals surface area contributed by atoms with E-state index >= 15 is 0 Å². The van der Waals surface area contributed by atoms with Gasteiger partial charge in [0.05, 0.1) is 5.69 Å². The fraction of sp³-hybridized carbons (Fsp3) is 0.333. The molecule has 27 heavy (non-hydrogen) atoms. The summed E-state index contributed by atoms with van der Waals surface area (Å²) in [6.07, 6.45) is 6.98. The Hall–Kier alpha value is -3.02. The smallest absolute Gasteiger partial charge is 0.254 e. The Labute approximate surface area is 158 Å². The van der Waals surface area contributed by atoms with Crippen molar-refractivity contribution in [1.29, 1.82) is 0 Å². The SMILES string of the molecule is O=C(c1cccc(-n2cnnn2)c1)N(CCc1ccccc1)C1CCCC1. The number of aromatic nitrogens is 4. The van der Waals surface area contributed by atoms with Crippen LogP contribution >= 0.6 is 0 Å². The Morgan fingerprint density at radius 3 is 2.63 bits per heavy atom. The van der Waals surface area contributed by atoms with Gasteiger partial charge >= 0.3 is 0 Å². The highest BCUT2D eigenvalue weighted by Crippen LogP contribution is 2.25. The molecule has 3 aromatic rings. The summed E-state index contributed by atoms with van der Waals surface area (Å²) in [4.78, 5) is 15.4. The third-order valence-corrected chi connectivity index (χ3v) is 5.22. The molecule has 0 spiro atoms. The van der Waals surface area contributed by atoms with Gasteiger partial charge in [-0.3, -0.25) is 4.79 Å². The maximum Gasteiger partial charge on any atom is 0.254 e. The van der Waals surface area contributed by atoms with E-state index in [-0.39, 0.29) is 5.91 Å². The van der Waals surface area contributed by atoms with Crippen LogP contribution in [0.15, 0.2) is 60.9 Å². The van der Waals surface area contributed by atoms with Crippen LogP contribution < -0.4 is 0 Å². The van der Waals surface area contributed by atoms with Crippen molar-refractivity contribution in [3.05, 3.63) is 72.1 Å². The number of nitrogens with zero attached hydrogens (tertiary/aromatic N) is 5. The minimum atomic E-state index is 0.0905. The molecule has 0 radical (unpaired) electrons. The minimum Gasteiger partial charge on any atom is -0.335 e. The molecule has 4 rings (SSSR count). The monoisotopic (exact) mass is 361 g/mol. The van der Waals surface area contributed by atoms with Crippen LogP contribution in [0, 0.1) is 0 Å². The summed E-state index contributed by atoms with van der Waals surface area (Å²) in [7, 11) is 0. The minimum absolute atomic E-state index is 0.0905. The molecule has 0 atom stereocenters. The number of rotatable bonds is 6. The van der Waals surface area contributed by atoms with Gasteiger partial charge in [-0.05, 0) is 53.5 Å². The number of amides is 1. The molecule has 0 N–H and O–H groups in total. The Morgan fingerprint density at radius 1 is 1.07 bits per heavy atom. The highest BCUT2D eigenvalue weighted by atomic mass is 16.2. The van der Waals surface area contributed by atoms with Crippen molar-refractivity contribution < 1.29 is 4.79 Å². The molecule has 1 fully saturated rings. The largest absolute Gasteiger partial charge is 0.335 e. The summed E-state index contributed by atoms with van der Waals surface area (Å²) < 4.78 is 1.57. The van der Waals surface area contributed by atoms with Crippen LogP contribution in [0.2, 0.25) is 0 Å². The third-order valence-electron chi connectivity index (χ3n) is 5.22. The lowest BCUT2D eigenvalue weighted by Crippen LogP contribution is -2.40. The lowest BCUT2D eigenvalue weighted by molar-refractivity contribution is 0.0684. The average Bonchev–Trinajstić information content (AvgIpc) is 3.43. The van der Waals surface area contributed by atoms with Gasteiger partial charge in [0.1, 0.15) is 6.33 Å². The molecular formula is C21H23N5O. The van der Waals surface area contributed by atoms with Gasteiger partial charge in [0, 0.05) is 18.2 Å². The molecule has 1 saturated carbocycles. The maximum absolute atomic E-state index is 13.3. The average molecular weight is 361 g/mol. The molecule has 1 aliphatic rings. The summed E-state index contributed by atoms with van der Waals surface area (Å²) in [5.41, 5.74) is 2.74. The number of tetrazole rings is 1. The van der Waals surface area contributed by atoms with E-state index in [0.717, 1.165) is 31.5 Å². The molecule has 1 aromatic heterocycles. The molecule has 0 unspecified atom stereocenters. The van der Waals surface area contributed by atoms with Crippen LogP contribution in [0.25, 0.3) is 5.69 Å². The fourth-order valence-electron chi connectivity index (χ4n) is 3.79. The van der Waals surface area contributed by atoms with Crippen molar-refractivity contribution in [2.45, 2.75) is 38.1 Å². The highest BCUT2D eigenvalue weighted by molar-refractivity contribution is 5.95. The van der Waals surface area contributed by atoms with E-state index in [1.807, 2.05) is 42.5 Å². The van der Waals surface area contributed by atoms with Crippen molar-refractivity contribution in [1.82, 2.24) is 25.1 Å². The second-order valence-corrected chi connectivity index (χ2v) is 6.98. The predicted octanol–water partition coefficient (Wildman–Crippen LogP) is 3.29. The zero-order chi connectivity index (χ0) is 18.5. The van der Waals surface area contributed by atoms with E-state index < -0.39 is 0 Å². The summed E-state index contributed by atoms with van der Waals surface area (Å²) in [5, 5.41) is 11.3. The highest BCUT2D eigenvalue weighted by Gasteiger charge is 2.27. The van der Waals surface area contributed by atoms with E-state index in [0.29, 0.717) is 11.6 Å². The second-order valence-electron chi connectivity index (χ2n) is 6.98. The first kappa shape index (κ1) is 17.4. The molecule has 6 nitrogen and oxygen atoms in total. The normalized spacial score (nSPS) is 14.4. The van der Waals surface area contributed by atoms with E-state index in [1.54, 1.807) is 4.68 Å². The van der Waals surface area contributed by atoms with Crippen LogP contribution in [0.4, 0.5) is 0 Å². The summed E-state index contributed by atoms with van der Waals surface area (Å²) in [6.45, 7) is 0.739. The molecule has 0 saturated heterocycles. The number of benzene rings is 2. The van der Waals surface area contributed by atoms with Gasteiger partial charge in [-0.2, -0.15) is 0 Å². The van der Waals surface area contributed by atoms with Gasteiger partial charge in [-0.15, -0.1) is 5.10 Å². The van der Waals surface area contributed by atoms with Crippen LogP contribution in [0.1, 0.15) is 41.6 Å². The van der Waals surface area contributed by atoms with E-state index in [2.05, 4.69) is 32.6 Å². The summed E-state index contributed by atoms with van der Waals surface area (Å²) >= 11 is 0. The maximum atomic E-state index is 13.3. The third kappa shape index (κ3) is 4.05. The zero-order valence-corrected chi connectivity index (χ0v) is 15.2. The zero-order valence-electron chi connectivity index (χ0n) is 15.2. The Balaban J connectivity index is 1.55. The Morgan fingerprint density at radius 2 is 1.89 bits per heavy atom. The summed E-state index contributed by atoms with van der Waals surface area (Å²) in [6, 6.07) is 18.2. The van der Waals surface area contributed by atoms with Gasteiger partial charge in [0.25, 0.3) is 5.91 Å². The molecule has 0 bridgehead atoms. The van der Waals surface area contributed by atoms with Crippen molar-refractivity contribution in [2.24, 2.45) is 0 Å². The van der Waals surface area contributed by atoms with E-state index in [1.165, 1.54) is 24.7 Å². The topological polar surface area (TPSA) is 63.9 Å². The van der Waals surface area contributed by atoms with Gasteiger partial charge in [-0.1, -0.05) is 49.2 Å². The van der Waals surface area contributed by atoms with Gasteiger partial charge in [0.2, 0.25) is 0 Å². The number of hydrogen-bond acceptors (Lipinski definition) is 4. The number of carbonyl (C=O) groups excluding carboxylic acids is 1. The van der Waals surface area contributed by atoms with E-state index in [4.69, 9.17) is 0 Å². The Kier molecular flexibility index (Phi) is 5.23. The molecule has 1 heterocycles. The first-order valence-corrected chi connectivity index (χ1v) is 9.49. The van der Waals surface area contributed by atoms with Gasteiger partial charge in [0.15, 0.2) is 0 Å². The van der Waals surface area contributed by atoms with Crippen LogP contribution in [-0.4, -0.2) is 43.6 Å². The summed E-state index contributed by atoms with van der Waals surface area (Å²) in [5.74, 6) is 0.0905.